The molecule has 0 amide bonds. The van der Waals surface area contributed by atoms with E-state index < -0.39 is 7.37 Å². The Balaban J connectivity index is 2.38. The van der Waals surface area contributed by atoms with Gasteiger partial charge in [0.2, 0.25) is 7.37 Å². The van der Waals surface area contributed by atoms with Crippen molar-refractivity contribution in [1.82, 2.24) is 0 Å². The van der Waals surface area contributed by atoms with E-state index in [1.807, 2.05) is 13.0 Å². The minimum Gasteiger partial charge on any atom is -0.328 e. The van der Waals surface area contributed by atoms with Crippen molar-refractivity contribution in [2.75, 3.05) is 18.9 Å². The molecular formula is C9H17O2P. The molecule has 3 heteroatoms. The fourth-order valence-electron chi connectivity index (χ4n) is 1.19. The molecule has 0 spiro atoms. The third-order valence-corrected chi connectivity index (χ3v) is 4.19. The van der Waals surface area contributed by atoms with Crippen molar-refractivity contribution in [2.24, 2.45) is 5.92 Å². The van der Waals surface area contributed by atoms with E-state index in [-0.39, 0.29) is 0 Å². The highest BCUT2D eigenvalue weighted by atomic mass is 31.2. The summed E-state index contributed by atoms with van der Waals surface area (Å²) in [5.74, 6) is 0.469. The third-order valence-electron chi connectivity index (χ3n) is 1.85. The van der Waals surface area contributed by atoms with Crippen molar-refractivity contribution in [3.63, 3.8) is 0 Å². The maximum atomic E-state index is 11.9. The lowest BCUT2D eigenvalue weighted by Crippen LogP contribution is -2.01. The van der Waals surface area contributed by atoms with Crippen LogP contribution in [-0.2, 0) is 9.09 Å². The Morgan fingerprint density at radius 1 is 1.67 bits per heavy atom. The van der Waals surface area contributed by atoms with Crippen molar-refractivity contribution in [3.8, 4) is 0 Å². The Morgan fingerprint density at radius 2 is 2.33 bits per heavy atom. The molecule has 1 atom stereocenters. The second-order valence-corrected chi connectivity index (χ2v) is 6.46. The molecule has 1 heterocycles. The molecule has 0 unspecified atom stereocenters. The summed E-state index contributed by atoms with van der Waals surface area (Å²) in [5.41, 5.74) is 1.21. The van der Waals surface area contributed by atoms with Gasteiger partial charge in [0.1, 0.15) is 0 Å². The summed E-state index contributed by atoms with van der Waals surface area (Å²) in [6.45, 7) is 6.78. The highest BCUT2D eigenvalue weighted by Crippen LogP contribution is 2.52. The van der Waals surface area contributed by atoms with Crippen molar-refractivity contribution >= 4 is 7.37 Å². The Hall–Kier alpha value is -0.0700. The molecule has 0 radical (unpaired) electrons. The van der Waals surface area contributed by atoms with Crippen LogP contribution in [0.15, 0.2) is 11.6 Å². The first-order valence-corrected chi connectivity index (χ1v) is 6.39. The zero-order chi connectivity index (χ0) is 9.19. The van der Waals surface area contributed by atoms with Crippen LogP contribution in [0.25, 0.3) is 0 Å². The normalized spacial score (nSPS) is 29.5. The van der Waals surface area contributed by atoms with Crippen LogP contribution in [0.1, 0.15) is 20.8 Å². The molecule has 0 aromatic rings. The lowest BCUT2D eigenvalue weighted by molar-refractivity contribution is 0.273. The second kappa shape index (κ2) is 3.76. The van der Waals surface area contributed by atoms with Gasteiger partial charge in [-0.15, -0.1) is 0 Å². The molecule has 0 fully saturated rings. The number of hydrogen-bond donors (Lipinski definition) is 0. The van der Waals surface area contributed by atoms with Gasteiger partial charge < -0.3 is 4.52 Å². The zero-order valence-electron chi connectivity index (χ0n) is 8.04. The maximum absolute atomic E-state index is 11.9. The highest BCUT2D eigenvalue weighted by Gasteiger charge is 2.27. The first-order chi connectivity index (χ1) is 5.52. The summed E-state index contributed by atoms with van der Waals surface area (Å²) in [4.78, 5) is 0. The Kier molecular flexibility index (Phi) is 3.14. The van der Waals surface area contributed by atoms with Crippen molar-refractivity contribution < 1.29 is 9.09 Å². The van der Waals surface area contributed by atoms with Gasteiger partial charge in [-0.05, 0) is 12.8 Å². The third kappa shape index (κ3) is 2.76. The molecule has 0 saturated carbocycles. The van der Waals surface area contributed by atoms with Gasteiger partial charge in [-0.25, -0.2) is 0 Å². The molecular weight excluding hydrogens is 171 g/mol. The molecule has 0 bridgehead atoms. The van der Waals surface area contributed by atoms with Crippen LogP contribution in [0, 0.1) is 5.92 Å². The van der Waals surface area contributed by atoms with Crippen LogP contribution in [0.2, 0.25) is 0 Å². The Morgan fingerprint density at radius 3 is 2.75 bits per heavy atom. The molecule has 0 aromatic carbocycles. The molecule has 0 aromatic heterocycles. The van der Waals surface area contributed by atoms with Crippen molar-refractivity contribution in [3.05, 3.63) is 11.6 Å². The first-order valence-electron chi connectivity index (χ1n) is 4.40. The number of hydrogen-bond acceptors (Lipinski definition) is 2. The van der Waals surface area contributed by atoms with E-state index in [1.165, 1.54) is 5.57 Å². The van der Waals surface area contributed by atoms with Gasteiger partial charge in [0.25, 0.3) is 0 Å². The van der Waals surface area contributed by atoms with E-state index in [4.69, 9.17) is 4.52 Å². The summed E-state index contributed by atoms with van der Waals surface area (Å²) in [6.07, 6.45) is 3.34. The van der Waals surface area contributed by atoms with Gasteiger partial charge in [-0.3, -0.25) is 4.57 Å². The molecule has 70 valence electrons. The smallest absolute Gasteiger partial charge is 0.210 e. The van der Waals surface area contributed by atoms with E-state index >= 15 is 0 Å². The molecule has 0 aliphatic carbocycles. The molecule has 12 heavy (non-hydrogen) atoms. The van der Waals surface area contributed by atoms with E-state index in [0.717, 1.165) is 0 Å². The summed E-state index contributed by atoms with van der Waals surface area (Å²) in [6, 6.07) is 0. The lowest BCUT2D eigenvalue weighted by atomic mass is 10.2. The molecule has 2 nitrogen and oxygen atoms in total. The average molecular weight is 188 g/mol. The molecule has 1 aliphatic heterocycles. The molecule has 1 aliphatic rings. The van der Waals surface area contributed by atoms with Gasteiger partial charge in [0.15, 0.2) is 0 Å². The monoisotopic (exact) mass is 188 g/mol. The quantitative estimate of drug-likeness (QED) is 0.502. The predicted molar refractivity (Wildman–Crippen MR) is 51.9 cm³/mol. The van der Waals surface area contributed by atoms with E-state index in [0.29, 0.717) is 24.8 Å². The summed E-state index contributed by atoms with van der Waals surface area (Å²) < 4.78 is 17.3. The van der Waals surface area contributed by atoms with Gasteiger partial charge >= 0.3 is 0 Å². The van der Waals surface area contributed by atoms with Gasteiger partial charge in [0, 0.05) is 12.3 Å². The fraction of sp³-hybridized carbons (Fsp3) is 0.778. The van der Waals surface area contributed by atoms with Crippen molar-refractivity contribution in [2.45, 2.75) is 20.8 Å². The first kappa shape index (κ1) is 10.0. The number of rotatable bonds is 3. The Bertz CT molecular complexity index is 231. The summed E-state index contributed by atoms with van der Waals surface area (Å²) in [7, 11) is -2.27. The van der Waals surface area contributed by atoms with E-state index in [9.17, 15) is 4.57 Å². The second-order valence-electron chi connectivity index (χ2n) is 3.90. The summed E-state index contributed by atoms with van der Waals surface area (Å²) in [5, 5.41) is 0. The van der Waals surface area contributed by atoms with Gasteiger partial charge in [-0.2, -0.15) is 0 Å². The maximum Gasteiger partial charge on any atom is 0.210 e. The minimum atomic E-state index is -2.27. The predicted octanol–water partition coefficient (Wildman–Crippen LogP) is 2.90. The fourth-order valence-corrected chi connectivity index (χ4v) is 3.56. The van der Waals surface area contributed by atoms with Gasteiger partial charge in [0.05, 0.1) is 6.61 Å². The standard InChI is InChI=1S/C9H17O2P/c1-8(2)6-11-12(10)5-4-9(3)7-12/h4,8H,5-7H2,1-3H3/t12-/m1/s1. The van der Waals surface area contributed by atoms with Crippen molar-refractivity contribution in [1.29, 1.82) is 0 Å². The van der Waals surface area contributed by atoms with E-state index in [2.05, 4.69) is 13.8 Å². The topological polar surface area (TPSA) is 26.3 Å². The van der Waals surface area contributed by atoms with Crippen LogP contribution in [0.3, 0.4) is 0 Å². The van der Waals surface area contributed by atoms with Crippen LogP contribution < -0.4 is 0 Å². The average Bonchev–Trinajstić information content (AvgIpc) is 2.29. The van der Waals surface area contributed by atoms with Crippen LogP contribution >= 0.6 is 7.37 Å². The zero-order valence-corrected chi connectivity index (χ0v) is 8.93. The molecule has 0 saturated heterocycles. The SMILES string of the molecule is CC1=CC[P@@](=O)(OCC(C)C)C1. The summed E-state index contributed by atoms with van der Waals surface area (Å²) >= 11 is 0. The highest BCUT2D eigenvalue weighted by molar-refractivity contribution is 7.59. The molecule has 0 N–H and O–H groups in total. The van der Waals surface area contributed by atoms with Gasteiger partial charge in [-0.1, -0.05) is 25.5 Å². The van der Waals surface area contributed by atoms with Crippen LogP contribution in [0.4, 0.5) is 0 Å². The van der Waals surface area contributed by atoms with Crippen LogP contribution in [0.5, 0.6) is 0 Å². The lowest BCUT2D eigenvalue weighted by Gasteiger charge is -2.14. The van der Waals surface area contributed by atoms with E-state index in [1.54, 1.807) is 0 Å². The number of allylic oxidation sites excluding steroid dienone is 2. The van der Waals surface area contributed by atoms with Crippen LogP contribution in [-0.4, -0.2) is 18.9 Å². The minimum absolute atomic E-state index is 0.469. The largest absolute Gasteiger partial charge is 0.328 e. The molecule has 1 rings (SSSR count). The Labute approximate surface area is 74.5 Å².